The van der Waals surface area contributed by atoms with Crippen LogP contribution in [0.5, 0.6) is 0 Å². The molecule has 0 aliphatic carbocycles. The predicted octanol–water partition coefficient (Wildman–Crippen LogP) is 4.20. The highest BCUT2D eigenvalue weighted by Crippen LogP contribution is 2.26. The zero-order valence-electron chi connectivity index (χ0n) is 12.5. The number of aryl methyl sites for hydroxylation is 1. The second kappa shape index (κ2) is 6.86. The molecule has 1 aromatic carbocycles. The Bertz CT molecular complexity index is 870. The van der Waals surface area contributed by atoms with Gasteiger partial charge in [-0.1, -0.05) is 23.7 Å². The van der Waals surface area contributed by atoms with Crippen LogP contribution < -0.4 is 10.6 Å². The number of hydrogen-bond acceptors (Lipinski definition) is 5. The van der Waals surface area contributed by atoms with Crippen molar-refractivity contribution in [1.29, 1.82) is 0 Å². The number of aromatic nitrogens is 1. The predicted molar refractivity (Wildman–Crippen MR) is 92.9 cm³/mol. The fourth-order valence-corrected chi connectivity index (χ4v) is 2.92. The topological polar surface area (TPSA) is 84.2 Å². The van der Waals surface area contributed by atoms with E-state index in [1.54, 1.807) is 17.5 Å². The van der Waals surface area contributed by atoms with Crippen LogP contribution in [-0.4, -0.2) is 16.8 Å². The van der Waals surface area contributed by atoms with E-state index in [2.05, 4.69) is 15.6 Å². The second-order valence-electron chi connectivity index (χ2n) is 4.89. The summed E-state index contributed by atoms with van der Waals surface area (Å²) in [4.78, 5) is 28.3. The van der Waals surface area contributed by atoms with Crippen molar-refractivity contribution in [3.63, 3.8) is 0 Å². The number of rotatable bonds is 4. The van der Waals surface area contributed by atoms with E-state index in [9.17, 15) is 9.59 Å². The highest BCUT2D eigenvalue weighted by molar-refractivity contribution is 7.14. The molecule has 3 aromatic rings. The van der Waals surface area contributed by atoms with E-state index in [0.29, 0.717) is 21.4 Å². The van der Waals surface area contributed by atoms with Crippen LogP contribution in [-0.2, 0) is 0 Å². The van der Waals surface area contributed by atoms with Crippen molar-refractivity contribution in [2.24, 2.45) is 0 Å². The maximum atomic E-state index is 12.3. The Morgan fingerprint density at radius 2 is 2.04 bits per heavy atom. The molecule has 0 saturated carbocycles. The third-order valence-electron chi connectivity index (χ3n) is 3.20. The van der Waals surface area contributed by atoms with Gasteiger partial charge in [0.1, 0.15) is 12.0 Å². The summed E-state index contributed by atoms with van der Waals surface area (Å²) in [5.74, 6) is -0.752. The van der Waals surface area contributed by atoms with Gasteiger partial charge in [-0.3, -0.25) is 14.9 Å². The van der Waals surface area contributed by atoms with Gasteiger partial charge in [0.25, 0.3) is 11.8 Å². The van der Waals surface area contributed by atoms with Gasteiger partial charge in [-0.05, 0) is 24.6 Å². The van der Waals surface area contributed by atoms with E-state index in [0.717, 1.165) is 16.9 Å². The van der Waals surface area contributed by atoms with Crippen molar-refractivity contribution in [1.82, 2.24) is 4.98 Å². The summed E-state index contributed by atoms with van der Waals surface area (Å²) < 4.78 is 4.85. The number of benzene rings is 1. The van der Waals surface area contributed by atoms with E-state index in [1.807, 2.05) is 13.0 Å². The SMILES string of the molecule is Cc1cccc(Cl)c1NC(=O)c1csc(NC(=O)c2ccoc2)n1. The van der Waals surface area contributed by atoms with Gasteiger partial charge < -0.3 is 9.73 Å². The Hall–Kier alpha value is -2.64. The first kappa shape index (κ1) is 16.2. The Labute approximate surface area is 146 Å². The lowest BCUT2D eigenvalue weighted by molar-refractivity contribution is 0.101. The summed E-state index contributed by atoms with van der Waals surface area (Å²) in [6.45, 7) is 1.85. The number of thiazole rings is 1. The van der Waals surface area contributed by atoms with Gasteiger partial charge in [-0.15, -0.1) is 11.3 Å². The molecule has 8 heteroatoms. The number of carbonyl (C=O) groups is 2. The summed E-state index contributed by atoms with van der Waals surface area (Å²) >= 11 is 7.25. The smallest absolute Gasteiger partial charge is 0.275 e. The average Bonchev–Trinajstić information content (AvgIpc) is 3.22. The standard InChI is InChI=1S/C16H12ClN3O3S/c1-9-3-2-4-11(17)13(9)19-15(22)12-8-24-16(18-12)20-14(21)10-5-6-23-7-10/h2-8H,1H3,(H,19,22)(H,18,20,21). The van der Waals surface area contributed by atoms with Crippen molar-refractivity contribution in [2.45, 2.75) is 6.92 Å². The molecule has 0 unspecified atom stereocenters. The average molecular weight is 362 g/mol. The number of anilines is 2. The van der Waals surface area contributed by atoms with E-state index in [1.165, 1.54) is 18.6 Å². The zero-order valence-corrected chi connectivity index (χ0v) is 14.1. The van der Waals surface area contributed by atoms with Gasteiger partial charge >= 0.3 is 0 Å². The Kier molecular flexibility index (Phi) is 4.64. The molecule has 0 aliphatic rings. The summed E-state index contributed by atoms with van der Waals surface area (Å²) in [7, 11) is 0. The van der Waals surface area contributed by atoms with Crippen LogP contribution in [0.3, 0.4) is 0 Å². The molecular formula is C16H12ClN3O3S. The van der Waals surface area contributed by atoms with Crippen molar-refractivity contribution in [3.8, 4) is 0 Å². The van der Waals surface area contributed by atoms with Crippen LogP contribution in [0.15, 0.2) is 46.6 Å². The quantitative estimate of drug-likeness (QED) is 0.729. The second-order valence-corrected chi connectivity index (χ2v) is 6.16. The number of carbonyl (C=O) groups excluding carboxylic acids is 2. The number of furan rings is 1. The first-order valence-corrected chi connectivity index (χ1v) is 8.16. The third kappa shape index (κ3) is 3.47. The molecule has 0 spiro atoms. The Balaban J connectivity index is 1.71. The number of hydrogen-bond donors (Lipinski definition) is 2. The lowest BCUT2D eigenvalue weighted by Gasteiger charge is -2.08. The molecule has 2 amide bonds. The minimum Gasteiger partial charge on any atom is -0.472 e. The largest absolute Gasteiger partial charge is 0.472 e. The molecule has 122 valence electrons. The molecule has 2 heterocycles. The highest BCUT2D eigenvalue weighted by atomic mass is 35.5. The summed E-state index contributed by atoms with van der Waals surface area (Å²) in [5, 5.41) is 7.68. The van der Waals surface area contributed by atoms with Crippen molar-refractivity contribution < 1.29 is 14.0 Å². The van der Waals surface area contributed by atoms with Crippen molar-refractivity contribution >= 4 is 45.6 Å². The number of para-hydroxylation sites is 1. The molecule has 2 N–H and O–H groups in total. The van der Waals surface area contributed by atoms with Crippen LogP contribution in [0.25, 0.3) is 0 Å². The maximum absolute atomic E-state index is 12.3. The summed E-state index contributed by atoms with van der Waals surface area (Å²) in [5.41, 5.74) is 1.96. The summed E-state index contributed by atoms with van der Waals surface area (Å²) in [6, 6.07) is 6.89. The van der Waals surface area contributed by atoms with Crippen molar-refractivity contribution in [3.05, 3.63) is 64.0 Å². The Morgan fingerprint density at radius 3 is 2.75 bits per heavy atom. The zero-order chi connectivity index (χ0) is 17.1. The Morgan fingerprint density at radius 1 is 1.21 bits per heavy atom. The number of nitrogens with zero attached hydrogens (tertiary/aromatic N) is 1. The number of amides is 2. The minimum absolute atomic E-state index is 0.196. The third-order valence-corrected chi connectivity index (χ3v) is 4.27. The number of halogens is 1. The van der Waals surface area contributed by atoms with Gasteiger partial charge in [-0.2, -0.15) is 0 Å². The molecule has 0 radical (unpaired) electrons. The molecule has 3 rings (SSSR count). The molecule has 2 aromatic heterocycles. The first-order valence-electron chi connectivity index (χ1n) is 6.90. The molecule has 6 nitrogen and oxygen atoms in total. The lowest BCUT2D eigenvalue weighted by atomic mass is 10.2. The van der Waals surface area contributed by atoms with Crippen LogP contribution in [0, 0.1) is 6.92 Å². The van der Waals surface area contributed by atoms with E-state index < -0.39 is 5.91 Å². The highest BCUT2D eigenvalue weighted by Gasteiger charge is 2.15. The summed E-state index contributed by atoms with van der Waals surface area (Å²) in [6.07, 6.45) is 2.73. The fourth-order valence-electron chi connectivity index (χ4n) is 1.97. The molecule has 0 fully saturated rings. The van der Waals surface area contributed by atoms with Gasteiger partial charge in [0, 0.05) is 5.38 Å². The van der Waals surface area contributed by atoms with Crippen LogP contribution in [0.1, 0.15) is 26.4 Å². The van der Waals surface area contributed by atoms with Crippen molar-refractivity contribution in [2.75, 3.05) is 10.6 Å². The van der Waals surface area contributed by atoms with Gasteiger partial charge in [-0.25, -0.2) is 4.98 Å². The number of nitrogens with one attached hydrogen (secondary N) is 2. The van der Waals surface area contributed by atoms with Gasteiger partial charge in [0.05, 0.1) is 22.5 Å². The molecule has 0 aliphatic heterocycles. The van der Waals surface area contributed by atoms with Crippen LogP contribution in [0.4, 0.5) is 10.8 Å². The van der Waals surface area contributed by atoms with Crippen LogP contribution in [0.2, 0.25) is 5.02 Å². The maximum Gasteiger partial charge on any atom is 0.275 e. The minimum atomic E-state index is -0.397. The lowest BCUT2D eigenvalue weighted by Crippen LogP contribution is -2.14. The molecule has 0 bridgehead atoms. The van der Waals surface area contributed by atoms with Gasteiger partial charge in [0.15, 0.2) is 5.13 Å². The molecule has 0 saturated heterocycles. The normalized spacial score (nSPS) is 10.4. The van der Waals surface area contributed by atoms with E-state index >= 15 is 0 Å². The molecular weight excluding hydrogens is 350 g/mol. The van der Waals surface area contributed by atoms with E-state index in [4.69, 9.17) is 16.0 Å². The monoisotopic (exact) mass is 361 g/mol. The fraction of sp³-hybridized carbons (Fsp3) is 0.0625. The van der Waals surface area contributed by atoms with Crippen LogP contribution >= 0.6 is 22.9 Å². The molecule has 24 heavy (non-hydrogen) atoms. The van der Waals surface area contributed by atoms with Gasteiger partial charge in [0.2, 0.25) is 0 Å². The van der Waals surface area contributed by atoms with E-state index in [-0.39, 0.29) is 11.6 Å². The molecule has 0 atom stereocenters. The first-order chi connectivity index (χ1) is 11.5.